The van der Waals surface area contributed by atoms with Crippen LogP contribution in [-0.4, -0.2) is 35.6 Å². The molecule has 3 rings (SSSR count). The second-order valence-corrected chi connectivity index (χ2v) is 7.39. The molecule has 1 amide bonds. The molecule has 1 N–H and O–H groups in total. The SMILES string of the molecule is CCc1cc(C(=O)NC[C@H](c2ccc(C)cc2)N2CCC(C)CC2)no1. The van der Waals surface area contributed by atoms with Gasteiger partial charge in [0, 0.05) is 19.0 Å². The van der Waals surface area contributed by atoms with Crippen LogP contribution in [0, 0.1) is 12.8 Å². The van der Waals surface area contributed by atoms with Crippen molar-refractivity contribution in [3.63, 3.8) is 0 Å². The van der Waals surface area contributed by atoms with Gasteiger partial charge in [-0.05, 0) is 44.3 Å². The molecule has 1 saturated heterocycles. The average Bonchev–Trinajstić information content (AvgIpc) is 3.14. The van der Waals surface area contributed by atoms with Gasteiger partial charge >= 0.3 is 0 Å². The van der Waals surface area contributed by atoms with Gasteiger partial charge in [-0.1, -0.05) is 48.8 Å². The van der Waals surface area contributed by atoms with Crippen LogP contribution in [0.2, 0.25) is 0 Å². The number of hydrogen-bond donors (Lipinski definition) is 1. The lowest BCUT2D eigenvalue weighted by Gasteiger charge is -2.37. The zero-order chi connectivity index (χ0) is 18.5. The van der Waals surface area contributed by atoms with Crippen LogP contribution in [0.4, 0.5) is 0 Å². The van der Waals surface area contributed by atoms with E-state index in [-0.39, 0.29) is 11.9 Å². The molecule has 0 bridgehead atoms. The van der Waals surface area contributed by atoms with E-state index in [9.17, 15) is 4.79 Å². The molecule has 0 unspecified atom stereocenters. The number of aryl methyl sites for hydroxylation is 2. The number of nitrogens with one attached hydrogen (secondary N) is 1. The van der Waals surface area contributed by atoms with Gasteiger partial charge in [-0.15, -0.1) is 0 Å². The number of benzene rings is 1. The molecule has 1 aliphatic heterocycles. The number of amides is 1. The van der Waals surface area contributed by atoms with Gasteiger partial charge in [0.25, 0.3) is 5.91 Å². The van der Waals surface area contributed by atoms with Crippen LogP contribution >= 0.6 is 0 Å². The molecule has 0 spiro atoms. The normalized spacial score (nSPS) is 17.2. The van der Waals surface area contributed by atoms with Crippen LogP contribution in [0.1, 0.15) is 60.1 Å². The third-order valence-corrected chi connectivity index (χ3v) is 5.32. The number of piperidine rings is 1. The molecule has 1 atom stereocenters. The monoisotopic (exact) mass is 355 g/mol. The molecule has 0 saturated carbocycles. The fourth-order valence-corrected chi connectivity index (χ4v) is 3.45. The van der Waals surface area contributed by atoms with E-state index in [1.807, 2.05) is 6.92 Å². The molecule has 1 aromatic heterocycles. The van der Waals surface area contributed by atoms with Crippen LogP contribution in [0.3, 0.4) is 0 Å². The van der Waals surface area contributed by atoms with E-state index in [4.69, 9.17) is 4.52 Å². The number of carbonyl (C=O) groups is 1. The maximum Gasteiger partial charge on any atom is 0.273 e. The summed E-state index contributed by atoms with van der Waals surface area (Å²) < 4.78 is 5.15. The molecule has 0 aliphatic carbocycles. The highest BCUT2D eigenvalue weighted by Crippen LogP contribution is 2.26. The highest BCUT2D eigenvalue weighted by atomic mass is 16.5. The van der Waals surface area contributed by atoms with E-state index < -0.39 is 0 Å². The minimum absolute atomic E-state index is 0.170. The van der Waals surface area contributed by atoms with Crippen LogP contribution in [0.25, 0.3) is 0 Å². The summed E-state index contributed by atoms with van der Waals surface area (Å²) in [5, 5.41) is 6.93. The van der Waals surface area contributed by atoms with Crippen molar-refractivity contribution in [3.8, 4) is 0 Å². The Bertz CT molecular complexity index is 715. The van der Waals surface area contributed by atoms with Crippen molar-refractivity contribution in [2.75, 3.05) is 19.6 Å². The number of likely N-dealkylation sites (tertiary alicyclic amines) is 1. The van der Waals surface area contributed by atoms with E-state index in [2.05, 4.69) is 53.5 Å². The first-order valence-electron chi connectivity index (χ1n) is 9.61. The van der Waals surface area contributed by atoms with Crippen molar-refractivity contribution in [2.24, 2.45) is 5.92 Å². The summed E-state index contributed by atoms with van der Waals surface area (Å²) in [6.45, 7) is 9.10. The zero-order valence-corrected chi connectivity index (χ0v) is 16.0. The highest BCUT2D eigenvalue weighted by Gasteiger charge is 2.25. The fourth-order valence-electron chi connectivity index (χ4n) is 3.45. The summed E-state index contributed by atoms with van der Waals surface area (Å²) >= 11 is 0. The van der Waals surface area contributed by atoms with Crippen LogP contribution in [0.15, 0.2) is 34.9 Å². The Morgan fingerprint density at radius 3 is 2.62 bits per heavy atom. The van der Waals surface area contributed by atoms with E-state index in [1.165, 1.54) is 24.0 Å². The van der Waals surface area contributed by atoms with Crippen LogP contribution in [0.5, 0.6) is 0 Å². The van der Waals surface area contributed by atoms with Crippen LogP contribution in [-0.2, 0) is 6.42 Å². The molecule has 2 aromatic rings. The van der Waals surface area contributed by atoms with E-state index in [0.29, 0.717) is 12.2 Å². The molecule has 140 valence electrons. The molecule has 1 aromatic carbocycles. The second-order valence-electron chi connectivity index (χ2n) is 7.39. The molecule has 26 heavy (non-hydrogen) atoms. The predicted octanol–water partition coefficient (Wildman–Crippen LogP) is 3.75. The van der Waals surface area contributed by atoms with Gasteiger partial charge in [0.1, 0.15) is 5.76 Å². The predicted molar refractivity (Wildman–Crippen MR) is 102 cm³/mol. The van der Waals surface area contributed by atoms with E-state index >= 15 is 0 Å². The lowest BCUT2D eigenvalue weighted by Crippen LogP contribution is -2.42. The van der Waals surface area contributed by atoms with Crippen molar-refractivity contribution in [3.05, 3.63) is 52.9 Å². The first kappa shape index (κ1) is 18.6. The molecule has 2 heterocycles. The van der Waals surface area contributed by atoms with Gasteiger partial charge < -0.3 is 9.84 Å². The summed E-state index contributed by atoms with van der Waals surface area (Å²) in [5.41, 5.74) is 2.86. The average molecular weight is 355 g/mol. The molecular formula is C21H29N3O2. The number of nitrogens with zero attached hydrogens (tertiary/aromatic N) is 2. The molecule has 1 fully saturated rings. The van der Waals surface area contributed by atoms with Crippen molar-refractivity contribution >= 4 is 5.91 Å². The Kier molecular flexibility index (Phi) is 6.09. The van der Waals surface area contributed by atoms with Crippen molar-refractivity contribution < 1.29 is 9.32 Å². The number of hydrogen-bond acceptors (Lipinski definition) is 4. The van der Waals surface area contributed by atoms with Gasteiger partial charge in [-0.25, -0.2) is 0 Å². The smallest absolute Gasteiger partial charge is 0.273 e. The largest absolute Gasteiger partial charge is 0.361 e. The zero-order valence-electron chi connectivity index (χ0n) is 16.0. The number of aromatic nitrogens is 1. The van der Waals surface area contributed by atoms with Gasteiger partial charge in [-0.3, -0.25) is 9.69 Å². The van der Waals surface area contributed by atoms with Gasteiger partial charge in [0.15, 0.2) is 5.69 Å². The topological polar surface area (TPSA) is 58.4 Å². The lowest BCUT2D eigenvalue weighted by molar-refractivity contribution is 0.0904. The first-order chi connectivity index (χ1) is 12.6. The summed E-state index contributed by atoms with van der Waals surface area (Å²) in [5.74, 6) is 1.34. The standard InChI is InChI=1S/C21H29N3O2/c1-4-18-13-19(23-26-18)21(25)22-14-20(17-7-5-15(2)6-8-17)24-11-9-16(3)10-12-24/h5-8,13,16,20H,4,9-12,14H2,1-3H3,(H,22,25)/t20-/m1/s1. The highest BCUT2D eigenvalue weighted by molar-refractivity contribution is 5.92. The fraction of sp³-hybridized carbons (Fsp3) is 0.524. The molecular weight excluding hydrogens is 326 g/mol. The first-order valence-corrected chi connectivity index (χ1v) is 9.61. The van der Waals surface area contributed by atoms with Crippen molar-refractivity contribution in [1.29, 1.82) is 0 Å². The summed E-state index contributed by atoms with van der Waals surface area (Å²) in [6, 6.07) is 10.5. The summed E-state index contributed by atoms with van der Waals surface area (Å²) in [7, 11) is 0. The maximum atomic E-state index is 12.4. The Hall–Kier alpha value is -2.14. The minimum atomic E-state index is -0.170. The minimum Gasteiger partial charge on any atom is -0.361 e. The lowest BCUT2D eigenvalue weighted by atomic mass is 9.95. The quantitative estimate of drug-likeness (QED) is 0.857. The molecule has 0 radical (unpaired) electrons. The third kappa shape index (κ3) is 4.52. The Morgan fingerprint density at radius 1 is 1.31 bits per heavy atom. The summed E-state index contributed by atoms with van der Waals surface area (Å²) in [6.07, 6.45) is 3.15. The van der Waals surface area contributed by atoms with E-state index in [0.717, 1.165) is 31.2 Å². The van der Waals surface area contributed by atoms with Gasteiger partial charge in [0.05, 0.1) is 6.04 Å². The number of rotatable bonds is 6. The van der Waals surface area contributed by atoms with Gasteiger partial charge in [0.2, 0.25) is 0 Å². The molecule has 5 nitrogen and oxygen atoms in total. The summed E-state index contributed by atoms with van der Waals surface area (Å²) in [4.78, 5) is 14.9. The Morgan fingerprint density at radius 2 is 2.00 bits per heavy atom. The van der Waals surface area contributed by atoms with Crippen LogP contribution < -0.4 is 5.32 Å². The van der Waals surface area contributed by atoms with Gasteiger partial charge in [-0.2, -0.15) is 0 Å². The molecule has 1 aliphatic rings. The maximum absolute atomic E-state index is 12.4. The Balaban J connectivity index is 1.70. The second kappa shape index (κ2) is 8.49. The molecule has 5 heteroatoms. The van der Waals surface area contributed by atoms with Crippen molar-refractivity contribution in [2.45, 2.75) is 46.1 Å². The number of carbonyl (C=O) groups excluding carboxylic acids is 1. The van der Waals surface area contributed by atoms with E-state index in [1.54, 1.807) is 6.07 Å². The van der Waals surface area contributed by atoms with Crippen molar-refractivity contribution in [1.82, 2.24) is 15.4 Å². The Labute approximate surface area is 155 Å². The third-order valence-electron chi connectivity index (χ3n) is 5.32.